The highest BCUT2D eigenvalue weighted by molar-refractivity contribution is 7.93. The topological polar surface area (TPSA) is 81.4 Å². The fourth-order valence-electron chi connectivity index (χ4n) is 1.51. The van der Waals surface area contributed by atoms with Gasteiger partial charge in [0, 0.05) is 13.2 Å². The Morgan fingerprint density at radius 1 is 1.69 bits per heavy atom. The van der Waals surface area contributed by atoms with E-state index in [4.69, 9.17) is 10.5 Å². The maximum atomic E-state index is 11.7. The molecule has 0 saturated carbocycles. The summed E-state index contributed by atoms with van der Waals surface area (Å²) < 4.78 is 31.5. The van der Waals surface area contributed by atoms with Gasteiger partial charge in [-0.1, -0.05) is 12.2 Å². The molecule has 1 aliphatic rings. The van der Waals surface area contributed by atoms with E-state index in [2.05, 4.69) is 16.9 Å². The summed E-state index contributed by atoms with van der Waals surface area (Å²) in [7, 11) is -3.48. The summed E-state index contributed by atoms with van der Waals surface area (Å²) in [5, 5.41) is -0.854. The Balaban J connectivity index is 2.57. The molecule has 94 valence electrons. The van der Waals surface area contributed by atoms with Crippen LogP contribution in [0.15, 0.2) is 0 Å². The largest absolute Gasteiger partial charge is 0.392 e. The molecule has 16 heavy (non-hydrogen) atoms. The van der Waals surface area contributed by atoms with Gasteiger partial charge in [0.05, 0.1) is 10.6 Å². The van der Waals surface area contributed by atoms with Crippen LogP contribution in [0.4, 0.5) is 0 Å². The van der Waals surface area contributed by atoms with E-state index in [9.17, 15) is 8.42 Å². The van der Waals surface area contributed by atoms with Crippen molar-refractivity contribution in [1.82, 2.24) is 4.72 Å². The molecule has 0 bridgehead atoms. The van der Waals surface area contributed by atoms with Gasteiger partial charge in [-0.15, -0.1) is 0 Å². The average Bonchev–Trinajstić information content (AvgIpc) is 2.62. The summed E-state index contributed by atoms with van der Waals surface area (Å²) in [6, 6.07) is 0. The summed E-state index contributed by atoms with van der Waals surface area (Å²) >= 11 is 4.67. The van der Waals surface area contributed by atoms with E-state index in [1.54, 1.807) is 0 Å². The highest BCUT2D eigenvalue weighted by Crippen LogP contribution is 2.24. The number of thiocarbonyl (C=S) groups is 1. The second kappa shape index (κ2) is 4.95. The Bertz CT molecular complexity index is 361. The zero-order chi connectivity index (χ0) is 12.4. The zero-order valence-corrected chi connectivity index (χ0v) is 11.2. The summed E-state index contributed by atoms with van der Waals surface area (Å²) in [6.45, 7) is 4.32. The molecule has 0 aromatic rings. The number of ether oxygens (including phenoxy) is 1. The standard InChI is InChI=1S/C9H18N2O3S2/c1-7(8(10)15)16(12,13)11-6-9(2)4-3-5-14-9/h7,11H,3-6H2,1-2H3,(H2,10,15). The number of hydrogen-bond acceptors (Lipinski definition) is 4. The summed E-state index contributed by atoms with van der Waals surface area (Å²) in [6.07, 6.45) is 1.82. The number of sulfonamides is 1. The number of nitrogens with two attached hydrogens (primary N) is 1. The minimum Gasteiger partial charge on any atom is -0.392 e. The van der Waals surface area contributed by atoms with Crippen molar-refractivity contribution in [2.75, 3.05) is 13.2 Å². The van der Waals surface area contributed by atoms with Gasteiger partial charge >= 0.3 is 0 Å². The number of rotatable bonds is 5. The lowest BCUT2D eigenvalue weighted by atomic mass is 10.0. The van der Waals surface area contributed by atoms with Gasteiger partial charge in [0.15, 0.2) is 0 Å². The highest BCUT2D eigenvalue weighted by atomic mass is 32.2. The van der Waals surface area contributed by atoms with E-state index >= 15 is 0 Å². The van der Waals surface area contributed by atoms with Gasteiger partial charge in [-0.3, -0.25) is 0 Å². The average molecular weight is 266 g/mol. The third kappa shape index (κ3) is 3.38. The lowest BCUT2D eigenvalue weighted by molar-refractivity contribution is 0.0250. The van der Waals surface area contributed by atoms with Gasteiger partial charge in [-0.2, -0.15) is 0 Å². The van der Waals surface area contributed by atoms with Crippen LogP contribution in [0.3, 0.4) is 0 Å². The van der Waals surface area contributed by atoms with E-state index < -0.39 is 20.9 Å². The minimum atomic E-state index is -3.48. The van der Waals surface area contributed by atoms with Gasteiger partial charge < -0.3 is 10.5 Å². The molecule has 2 atom stereocenters. The fourth-order valence-corrected chi connectivity index (χ4v) is 2.95. The predicted molar refractivity (Wildman–Crippen MR) is 66.8 cm³/mol. The molecule has 1 rings (SSSR count). The molecule has 1 fully saturated rings. The molecule has 3 N–H and O–H groups in total. The molecule has 2 unspecified atom stereocenters. The van der Waals surface area contributed by atoms with Gasteiger partial charge in [0.25, 0.3) is 0 Å². The predicted octanol–water partition coefficient (Wildman–Crippen LogP) is 0.150. The molecule has 0 aliphatic carbocycles. The monoisotopic (exact) mass is 266 g/mol. The third-order valence-electron chi connectivity index (χ3n) is 2.81. The van der Waals surface area contributed by atoms with Crippen LogP contribution < -0.4 is 10.5 Å². The second-order valence-electron chi connectivity index (χ2n) is 4.31. The van der Waals surface area contributed by atoms with Gasteiger partial charge in [-0.05, 0) is 26.7 Å². The first-order chi connectivity index (χ1) is 7.27. The Labute approximate surface area is 102 Å². The van der Waals surface area contributed by atoms with Crippen LogP contribution in [0.5, 0.6) is 0 Å². The maximum absolute atomic E-state index is 11.7. The molecule has 1 heterocycles. The molecule has 7 heteroatoms. The SMILES string of the molecule is CC(C(N)=S)S(=O)(=O)NCC1(C)CCCO1. The van der Waals surface area contributed by atoms with Crippen molar-refractivity contribution in [3.8, 4) is 0 Å². The third-order valence-corrected chi connectivity index (χ3v) is 5.05. The first-order valence-corrected chi connectivity index (χ1v) is 7.14. The maximum Gasteiger partial charge on any atom is 0.220 e. The normalized spacial score (nSPS) is 27.9. The van der Waals surface area contributed by atoms with Crippen LogP contribution in [0.2, 0.25) is 0 Å². The molecular formula is C9H18N2O3S2. The zero-order valence-electron chi connectivity index (χ0n) is 9.52. The highest BCUT2D eigenvalue weighted by Gasteiger charge is 2.32. The first kappa shape index (κ1) is 13.8. The van der Waals surface area contributed by atoms with Crippen molar-refractivity contribution in [2.24, 2.45) is 5.73 Å². The van der Waals surface area contributed by atoms with Gasteiger partial charge in [-0.25, -0.2) is 13.1 Å². The first-order valence-electron chi connectivity index (χ1n) is 5.19. The molecule has 1 aliphatic heterocycles. The van der Waals surface area contributed by atoms with Crippen LogP contribution in [-0.2, 0) is 14.8 Å². The van der Waals surface area contributed by atoms with Crippen LogP contribution in [0.25, 0.3) is 0 Å². The van der Waals surface area contributed by atoms with Crippen LogP contribution in [0, 0.1) is 0 Å². The van der Waals surface area contributed by atoms with Gasteiger partial charge in [0.2, 0.25) is 10.0 Å². The van der Waals surface area contributed by atoms with E-state index in [0.29, 0.717) is 6.61 Å². The Morgan fingerprint density at radius 2 is 2.31 bits per heavy atom. The molecule has 0 spiro atoms. The lowest BCUT2D eigenvalue weighted by Gasteiger charge is -2.24. The van der Waals surface area contributed by atoms with E-state index in [-0.39, 0.29) is 11.5 Å². The van der Waals surface area contributed by atoms with Crippen LogP contribution in [0.1, 0.15) is 26.7 Å². The van der Waals surface area contributed by atoms with Crippen molar-refractivity contribution in [3.63, 3.8) is 0 Å². The van der Waals surface area contributed by atoms with E-state index in [1.165, 1.54) is 6.92 Å². The molecule has 0 amide bonds. The van der Waals surface area contributed by atoms with Crippen molar-refractivity contribution in [3.05, 3.63) is 0 Å². The lowest BCUT2D eigenvalue weighted by Crippen LogP contribution is -2.46. The van der Waals surface area contributed by atoms with E-state index in [1.807, 2.05) is 6.92 Å². The summed E-state index contributed by atoms with van der Waals surface area (Å²) in [5.41, 5.74) is 4.92. The van der Waals surface area contributed by atoms with Gasteiger partial charge in [0.1, 0.15) is 5.25 Å². The molecule has 1 saturated heterocycles. The van der Waals surface area contributed by atoms with Crippen molar-refractivity contribution < 1.29 is 13.2 Å². The van der Waals surface area contributed by atoms with Crippen molar-refractivity contribution >= 4 is 27.2 Å². The van der Waals surface area contributed by atoms with Crippen molar-refractivity contribution in [2.45, 2.75) is 37.5 Å². The number of hydrogen-bond donors (Lipinski definition) is 2. The van der Waals surface area contributed by atoms with E-state index in [0.717, 1.165) is 12.8 Å². The Hall–Kier alpha value is -0.240. The smallest absolute Gasteiger partial charge is 0.220 e. The quantitative estimate of drug-likeness (QED) is 0.692. The molecule has 0 aromatic heterocycles. The Kier molecular flexibility index (Phi) is 4.28. The fraction of sp³-hybridized carbons (Fsp3) is 0.889. The summed E-state index contributed by atoms with van der Waals surface area (Å²) in [4.78, 5) is -0.0232. The molecule has 5 nitrogen and oxygen atoms in total. The number of nitrogens with one attached hydrogen (secondary N) is 1. The Morgan fingerprint density at radius 3 is 2.75 bits per heavy atom. The molecule has 0 aromatic carbocycles. The van der Waals surface area contributed by atoms with Crippen LogP contribution in [-0.4, -0.2) is 37.4 Å². The second-order valence-corrected chi connectivity index (χ2v) is 6.87. The molecule has 0 radical (unpaired) electrons. The van der Waals surface area contributed by atoms with Crippen molar-refractivity contribution in [1.29, 1.82) is 0 Å². The molecular weight excluding hydrogens is 248 g/mol. The summed E-state index contributed by atoms with van der Waals surface area (Å²) in [5.74, 6) is 0. The van der Waals surface area contributed by atoms with Crippen LogP contribution >= 0.6 is 12.2 Å². The minimum absolute atomic E-state index is 0.0232.